The fraction of sp³-hybridized carbons (Fsp3) is 0.786. The van der Waals surface area contributed by atoms with E-state index in [4.69, 9.17) is 0 Å². The summed E-state index contributed by atoms with van der Waals surface area (Å²) in [6, 6.07) is 0. The molecule has 2 unspecified atom stereocenters. The summed E-state index contributed by atoms with van der Waals surface area (Å²) in [6.45, 7) is 1.56. The van der Waals surface area contributed by atoms with Crippen LogP contribution < -0.4 is 5.32 Å². The van der Waals surface area contributed by atoms with E-state index in [1.54, 1.807) is 11.6 Å². The first-order chi connectivity index (χ1) is 10.8. The minimum Gasteiger partial charge on any atom is -0.390 e. The monoisotopic (exact) mass is 383 g/mol. The van der Waals surface area contributed by atoms with Crippen molar-refractivity contribution < 1.29 is 9.72 Å². The molecule has 4 fully saturated rings. The molecule has 4 aliphatic carbocycles. The molecule has 0 aliphatic heterocycles. The van der Waals surface area contributed by atoms with E-state index in [0.29, 0.717) is 16.6 Å². The van der Waals surface area contributed by atoms with Crippen molar-refractivity contribution in [2.24, 2.45) is 11.8 Å². The zero-order valence-corrected chi connectivity index (χ0v) is 14.4. The third-order valence-corrected chi connectivity index (χ3v) is 6.15. The molecule has 4 aliphatic rings. The normalized spacial score (nSPS) is 37.8. The molecular formula is C14H18BrN5O3. The van der Waals surface area contributed by atoms with Crippen molar-refractivity contribution >= 4 is 27.8 Å². The Labute approximate surface area is 141 Å². The first kappa shape index (κ1) is 15.0. The van der Waals surface area contributed by atoms with Crippen LogP contribution in [0.15, 0.2) is 4.73 Å². The van der Waals surface area contributed by atoms with E-state index in [1.165, 1.54) is 6.42 Å². The summed E-state index contributed by atoms with van der Waals surface area (Å²) in [5, 5.41) is 18.3. The highest BCUT2D eigenvalue weighted by Gasteiger charge is 2.60. The predicted molar refractivity (Wildman–Crippen MR) is 83.6 cm³/mol. The average Bonchev–Trinajstić information content (AvgIpc) is 2.78. The first-order valence-electron chi connectivity index (χ1n) is 7.87. The molecule has 4 bridgehead atoms. The van der Waals surface area contributed by atoms with Crippen molar-refractivity contribution in [3.63, 3.8) is 0 Å². The Balaban J connectivity index is 1.76. The van der Waals surface area contributed by atoms with Gasteiger partial charge >= 0.3 is 5.95 Å². The summed E-state index contributed by atoms with van der Waals surface area (Å²) in [5.74, 6) is 0.670. The highest BCUT2D eigenvalue weighted by atomic mass is 79.9. The Kier molecular flexibility index (Phi) is 3.11. The van der Waals surface area contributed by atoms with Gasteiger partial charge < -0.3 is 15.4 Å². The van der Waals surface area contributed by atoms with E-state index >= 15 is 0 Å². The maximum absolute atomic E-state index is 11.7. The fourth-order valence-electron chi connectivity index (χ4n) is 5.64. The maximum Gasteiger partial charge on any atom is 0.492 e. The largest absolute Gasteiger partial charge is 0.492 e. The Bertz CT molecular complexity index is 689. The molecular weight excluding hydrogens is 366 g/mol. The molecule has 1 aromatic rings. The smallest absolute Gasteiger partial charge is 0.390 e. The average molecular weight is 384 g/mol. The summed E-state index contributed by atoms with van der Waals surface area (Å²) in [4.78, 5) is 26.0. The van der Waals surface area contributed by atoms with E-state index in [9.17, 15) is 14.9 Å². The molecule has 9 heteroatoms. The number of nitrogens with zero attached hydrogens (tertiary/aromatic N) is 4. The lowest BCUT2D eigenvalue weighted by Crippen LogP contribution is -2.65. The third-order valence-electron chi connectivity index (χ3n) is 5.64. The number of aromatic nitrogens is 3. The maximum atomic E-state index is 11.7. The minimum atomic E-state index is -0.564. The topological polar surface area (TPSA) is 103 Å². The van der Waals surface area contributed by atoms with E-state index in [-0.39, 0.29) is 22.9 Å². The molecule has 4 saturated carbocycles. The van der Waals surface area contributed by atoms with Gasteiger partial charge in [-0.25, -0.2) is 0 Å². The standard InChI is InChI=1S/C14H18BrN5O3/c1-8(21)17-13-3-9-2-10(4-13)6-14(5-9,7-13)19-11(15)16-12(18-19)20(22)23/h9-10H,2-7H2,1H3,(H,17,21)/t9-,10+,13?,14?. The van der Waals surface area contributed by atoms with Crippen LogP contribution in [-0.2, 0) is 10.3 Å². The number of amides is 1. The van der Waals surface area contributed by atoms with Crippen molar-refractivity contribution in [3.05, 3.63) is 14.8 Å². The molecule has 0 spiro atoms. The highest BCUT2D eigenvalue weighted by molar-refractivity contribution is 9.10. The molecule has 1 N–H and O–H groups in total. The van der Waals surface area contributed by atoms with E-state index in [0.717, 1.165) is 32.1 Å². The number of nitro groups is 1. The van der Waals surface area contributed by atoms with Crippen LogP contribution in [-0.4, -0.2) is 31.1 Å². The van der Waals surface area contributed by atoms with Gasteiger partial charge in [0.05, 0.1) is 5.54 Å². The van der Waals surface area contributed by atoms with E-state index in [1.807, 2.05) is 0 Å². The lowest BCUT2D eigenvalue weighted by molar-refractivity contribution is -0.394. The summed E-state index contributed by atoms with van der Waals surface area (Å²) < 4.78 is 2.11. The van der Waals surface area contributed by atoms with Crippen molar-refractivity contribution in [2.75, 3.05) is 0 Å². The van der Waals surface area contributed by atoms with Gasteiger partial charge in [-0.05, 0) is 60.3 Å². The lowest BCUT2D eigenvalue weighted by Gasteiger charge is -2.61. The Morgan fingerprint density at radius 1 is 1.39 bits per heavy atom. The van der Waals surface area contributed by atoms with Crippen LogP contribution in [0.25, 0.3) is 0 Å². The summed E-state index contributed by atoms with van der Waals surface area (Å²) >= 11 is 3.34. The van der Waals surface area contributed by atoms with Crippen LogP contribution in [0.4, 0.5) is 5.95 Å². The van der Waals surface area contributed by atoms with E-state index in [2.05, 4.69) is 31.3 Å². The van der Waals surface area contributed by atoms with E-state index < -0.39 is 4.92 Å². The molecule has 124 valence electrons. The third kappa shape index (κ3) is 2.28. The number of rotatable bonds is 3. The molecule has 23 heavy (non-hydrogen) atoms. The van der Waals surface area contributed by atoms with Crippen molar-refractivity contribution in [1.82, 2.24) is 20.1 Å². The van der Waals surface area contributed by atoms with Gasteiger partial charge in [0, 0.05) is 33.5 Å². The number of nitrogens with one attached hydrogen (secondary N) is 1. The van der Waals surface area contributed by atoms with Gasteiger partial charge in [0.2, 0.25) is 5.91 Å². The van der Waals surface area contributed by atoms with Gasteiger partial charge in [-0.1, -0.05) is 0 Å². The van der Waals surface area contributed by atoms with Gasteiger partial charge in [0.15, 0.2) is 0 Å². The Morgan fingerprint density at radius 2 is 2.04 bits per heavy atom. The SMILES string of the molecule is CC(=O)NC12C[C@H]3C[C@@H](C1)CC(n1nc([N+](=O)[O-])nc1Br)(C3)C2. The van der Waals surface area contributed by atoms with Gasteiger partial charge in [-0.15, -0.1) is 0 Å². The zero-order valence-electron chi connectivity index (χ0n) is 12.8. The molecule has 1 amide bonds. The number of halogens is 1. The lowest BCUT2D eigenvalue weighted by atomic mass is 9.50. The number of carbonyl (C=O) groups is 1. The fourth-order valence-corrected chi connectivity index (χ4v) is 6.26. The summed E-state index contributed by atoms with van der Waals surface area (Å²) in [5.41, 5.74) is -0.483. The Morgan fingerprint density at radius 3 is 2.57 bits per heavy atom. The van der Waals surface area contributed by atoms with Crippen molar-refractivity contribution in [2.45, 2.75) is 56.5 Å². The van der Waals surface area contributed by atoms with Crippen LogP contribution in [0.3, 0.4) is 0 Å². The molecule has 0 radical (unpaired) electrons. The quantitative estimate of drug-likeness (QED) is 0.635. The van der Waals surface area contributed by atoms with Crippen LogP contribution in [0, 0.1) is 22.0 Å². The second-order valence-electron chi connectivity index (χ2n) is 7.50. The summed E-state index contributed by atoms with van der Waals surface area (Å²) in [7, 11) is 0. The van der Waals surface area contributed by atoms with Crippen LogP contribution in [0.2, 0.25) is 0 Å². The molecule has 1 aromatic heterocycles. The van der Waals surface area contributed by atoms with Crippen LogP contribution >= 0.6 is 15.9 Å². The number of carbonyl (C=O) groups excluding carboxylic acids is 1. The van der Waals surface area contributed by atoms with Gasteiger partial charge in [0.25, 0.3) is 4.73 Å². The number of hydrogen-bond acceptors (Lipinski definition) is 5. The van der Waals surface area contributed by atoms with Gasteiger partial charge in [-0.2, -0.15) is 4.68 Å². The zero-order chi connectivity index (χ0) is 16.4. The number of hydrogen-bond donors (Lipinski definition) is 1. The molecule has 5 rings (SSSR count). The van der Waals surface area contributed by atoms with Crippen molar-refractivity contribution in [3.8, 4) is 0 Å². The minimum absolute atomic E-state index is 0.00858. The van der Waals surface area contributed by atoms with Crippen LogP contribution in [0.1, 0.15) is 45.4 Å². The Hall–Kier alpha value is -1.51. The summed E-state index contributed by atoms with van der Waals surface area (Å²) in [6.07, 6.45) is 5.84. The predicted octanol–water partition coefficient (Wildman–Crippen LogP) is 2.13. The first-order valence-corrected chi connectivity index (χ1v) is 8.66. The highest BCUT2D eigenvalue weighted by Crippen LogP contribution is 2.60. The van der Waals surface area contributed by atoms with Gasteiger partial charge in [0.1, 0.15) is 0 Å². The molecule has 0 saturated heterocycles. The van der Waals surface area contributed by atoms with Gasteiger partial charge in [-0.3, -0.25) is 4.79 Å². The molecule has 0 aromatic carbocycles. The molecule has 4 atom stereocenters. The molecule has 8 nitrogen and oxygen atoms in total. The van der Waals surface area contributed by atoms with Crippen molar-refractivity contribution in [1.29, 1.82) is 0 Å². The van der Waals surface area contributed by atoms with Crippen LogP contribution in [0.5, 0.6) is 0 Å². The second kappa shape index (κ2) is 4.75. The molecule has 1 heterocycles. The second-order valence-corrected chi connectivity index (χ2v) is 8.21.